The molecule has 0 saturated carbocycles. The molecule has 1 N–H and O–H groups in total. The Morgan fingerprint density at radius 1 is 1.11 bits per heavy atom. The number of carbonyl (C=O) groups excluding carboxylic acids is 1. The molecule has 2 aromatic carbocycles. The normalized spacial score (nSPS) is 11.2. The third-order valence-corrected chi connectivity index (χ3v) is 4.58. The van der Waals surface area contributed by atoms with Gasteiger partial charge in [-0.2, -0.15) is 5.10 Å². The van der Waals surface area contributed by atoms with Crippen LogP contribution in [-0.4, -0.2) is 32.8 Å². The van der Waals surface area contributed by atoms with E-state index in [1.165, 1.54) is 0 Å². The number of carbonyl (C=O) groups is 1. The average molecular weight is 375 g/mol. The highest BCUT2D eigenvalue weighted by molar-refractivity contribution is 6.07. The average Bonchev–Trinajstić information content (AvgIpc) is 3.31. The van der Waals surface area contributed by atoms with Crippen molar-refractivity contribution < 1.29 is 9.32 Å². The number of fused-ring (bicyclic) bond motifs is 1. The Labute approximate surface area is 162 Å². The lowest BCUT2D eigenvalue weighted by Gasteiger charge is -2.15. The number of aryl methyl sites for hydroxylation is 1. The van der Waals surface area contributed by atoms with Gasteiger partial charge in [0.1, 0.15) is 0 Å². The van der Waals surface area contributed by atoms with Crippen LogP contribution < -0.4 is 5.32 Å². The van der Waals surface area contributed by atoms with Gasteiger partial charge in [-0.25, -0.2) is 0 Å². The molecule has 0 aliphatic heterocycles. The second-order valence-corrected chi connectivity index (χ2v) is 6.79. The van der Waals surface area contributed by atoms with Gasteiger partial charge in [0.25, 0.3) is 5.91 Å². The quantitative estimate of drug-likeness (QED) is 0.559. The van der Waals surface area contributed by atoms with Crippen LogP contribution in [0, 0.1) is 0 Å². The molecule has 0 spiro atoms. The largest absolute Gasteiger partial charge is 0.360 e. The van der Waals surface area contributed by atoms with E-state index in [-0.39, 0.29) is 5.91 Å². The molecule has 142 valence electrons. The fourth-order valence-electron chi connectivity index (χ4n) is 3.20. The van der Waals surface area contributed by atoms with Gasteiger partial charge in [-0.15, -0.1) is 0 Å². The van der Waals surface area contributed by atoms with Crippen molar-refractivity contribution >= 4 is 22.6 Å². The van der Waals surface area contributed by atoms with Gasteiger partial charge in [-0.3, -0.25) is 14.4 Å². The summed E-state index contributed by atoms with van der Waals surface area (Å²) in [6, 6.07) is 17.2. The summed E-state index contributed by atoms with van der Waals surface area (Å²) in [5.74, 6) is 1.21. The fraction of sp³-hybridized carbons (Fsp3) is 0.190. The number of para-hydroxylation sites is 1. The van der Waals surface area contributed by atoms with E-state index in [4.69, 9.17) is 4.52 Å². The Morgan fingerprint density at radius 3 is 2.64 bits per heavy atom. The maximum Gasteiger partial charge on any atom is 0.256 e. The van der Waals surface area contributed by atoms with Crippen molar-refractivity contribution in [2.75, 3.05) is 12.4 Å². The topological polar surface area (TPSA) is 76.2 Å². The Kier molecular flexibility index (Phi) is 4.90. The first-order valence-electron chi connectivity index (χ1n) is 9.00. The van der Waals surface area contributed by atoms with Crippen molar-refractivity contribution in [1.29, 1.82) is 0 Å². The summed E-state index contributed by atoms with van der Waals surface area (Å²) in [5.41, 5.74) is 2.68. The zero-order valence-electron chi connectivity index (χ0n) is 15.8. The molecule has 4 rings (SSSR count). The minimum Gasteiger partial charge on any atom is -0.360 e. The number of rotatable bonds is 6. The molecular weight excluding hydrogens is 354 g/mol. The highest BCUT2D eigenvalue weighted by Gasteiger charge is 2.13. The highest BCUT2D eigenvalue weighted by Crippen LogP contribution is 2.22. The number of amides is 1. The zero-order valence-corrected chi connectivity index (χ0v) is 15.8. The second-order valence-electron chi connectivity index (χ2n) is 6.79. The van der Waals surface area contributed by atoms with Crippen molar-refractivity contribution in [3.8, 4) is 0 Å². The highest BCUT2D eigenvalue weighted by atomic mass is 16.5. The standard InChI is InChI=1S/C21H21N5O2/c1-25(14-17-11-12-22-28-17)13-15-7-9-16(10-8-15)21(27)23-20-18-5-3-4-6-19(18)26(2)24-20/h3-12H,13-14H2,1-2H3,(H,23,24,27). The molecule has 0 atom stereocenters. The molecule has 0 unspecified atom stereocenters. The maximum atomic E-state index is 12.6. The van der Waals surface area contributed by atoms with Crippen molar-refractivity contribution in [2.45, 2.75) is 13.1 Å². The first-order chi connectivity index (χ1) is 13.6. The Hall–Kier alpha value is -3.45. The molecule has 28 heavy (non-hydrogen) atoms. The van der Waals surface area contributed by atoms with E-state index in [1.807, 2.05) is 68.7 Å². The first-order valence-corrected chi connectivity index (χ1v) is 9.00. The van der Waals surface area contributed by atoms with E-state index in [0.717, 1.165) is 28.8 Å². The number of nitrogens with zero attached hydrogens (tertiary/aromatic N) is 4. The first kappa shape index (κ1) is 17.9. The van der Waals surface area contributed by atoms with Gasteiger partial charge in [-0.05, 0) is 36.9 Å². The molecule has 0 saturated heterocycles. The molecular formula is C21H21N5O2. The molecule has 0 aliphatic rings. The summed E-state index contributed by atoms with van der Waals surface area (Å²) in [6.45, 7) is 1.42. The molecule has 0 aliphatic carbocycles. The van der Waals surface area contributed by atoms with Gasteiger partial charge in [-0.1, -0.05) is 29.4 Å². The summed E-state index contributed by atoms with van der Waals surface area (Å²) >= 11 is 0. The number of nitrogens with one attached hydrogen (secondary N) is 1. The summed E-state index contributed by atoms with van der Waals surface area (Å²) in [4.78, 5) is 14.7. The molecule has 2 aromatic heterocycles. The van der Waals surface area contributed by atoms with Gasteiger partial charge < -0.3 is 9.84 Å². The molecule has 7 heteroatoms. The zero-order chi connectivity index (χ0) is 19.5. The molecule has 4 aromatic rings. The van der Waals surface area contributed by atoms with Crippen LogP contribution in [0.1, 0.15) is 21.7 Å². The van der Waals surface area contributed by atoms with Crippen LogP contribution in [0.15, 0.2) is 65.3 Å². The minimum absolute atomic E-state index is 0.176. The molecule has 7 nitrogen and oxygen atoms in total. The maximum absolute atomic E-state index is 12.6. The van der Waals surface area contributed by atoms with Crippen LogP contribution in [0.5, 0.6) is 0 Å². The molecule has 2 heterocycles. The van der Waals surface area contributed by atoms with Gasteiger partial charge in [0, 0.05) is 30.6 Å². The Balaban J connectivity index is 1.42. The third-order valence-electron chi connectivity index (χ3n) is 4.58. The van der Waals surface area contributed by atoms with Crippen LogP contribution in [0.4, 0.5) is 5.82 Å². The predicted octanol–water partition coefficient (Wildman–Crippen LogP) is 3.45. The monoisotopic (exact) mass is 375 g/mol. The van der Waals surface area contributed by atoms with Crippen LogP contribution >= 0.6 is 0 Å². The van der Waals surface area contributed by atoms with E-state index in [1.54, 1.807) is 10.9 Å². The SMILES string of the molecule is CN(Cc1ccc(C(=O)Nc2nn(C)c3ccccc23)cc1)Cc1ccno1. The fourth-order valence-corrected chi connectivity index (χ4v) is 3.20. The lowest BCUT2D eigenvalue weighted by atomic mass is 10.1. The van der Waals surface area contributed by atoms with Gasteiger partial charge in [0.05, 0.1) is 18.3 Å². The second kappa shape index (κ2) is 7.66. The molecule has 0 fully saturated rings. The van der Waals surface area contributed by atoms with Gasteiger partial charge in [0.15, 0.2) is 11.6 Å². The summed E-state index contributed by atoms with van der Waals surface area (Å²) in [5, 5.41) is 12.0. The predicted molar refractivity (Wildman–Crippen MR) is 107 cm³/mol. The van der Waals surface area contributed by atoms with E-state index >= 15 is 0 Å². The smallest absolute Gasteiger partial charge is 0.256 e. The molecule has 0 radical (unpaired) electrons. The van der Waals surface area contributed by atoms with Crippen LogP contribution in [-0.2, 0) is 20.1 Å². The van der Waals surface area contributed by atoms with Crippen LogP contribution in [0.2, 0.25) is 0 Å². The molecule has 0 bridgehead atoms. The number of benzene rings is 2. The van der Waals surface area contributed by atoms with Crippen LogP contribution in [0.25, 0.3) is 10.9 Å². The van der Waals surface area contributed by atoms with Crippen molar-refractivity contribution in [3.63, 3.8) is 0 Å². The lowest BCUT2D eigenvalue weighted by Crippen LogP contribution is -2.17. The number of aromatic nitrogens is 3. The van der Waals surface area contributed by atoms with Crippen molar-refractivity contribution in [3.05, 3.63) is 77.7 Å². The van der Waals surface area contributed by atoms with E-state index < -0.39 is 0 Å². The summed E-state index contributed by atoms with van der Waals surface area (Å²) in [6.07, 6.45) is 1.64. The Bertz CT molecular complexity index is 1080. The number of hydrogen-bond donors (Lipinski definition) is 1. The summed E-state index contributed by atoms with van der Waals surface area (Å²) in [7, 11) is 3.87. The molecule has 1 amide bonds. The Morgan fingerprint density at radius 2 is 1.89 bits per heavy atom. The van der Waals surface area contributed by atoms with Crippen molar-refractivity contribution in [2.24, 2.45) is 7.05 Å². The minimum atomic E-state index is -0.176. The number of anilines is 1. The van der Waals surface area contributed by atoms with Crippen LogP contribution in [0.3, 0.4) is 0 Å². The lowest BCUT2D eigenvalue weighted by molar-refractivity contribution is 0.102. The van der Waals surface area contributed by atoms with Crippen molar-refractivity contribution in [1.82, 2.24) is 19.8 Å². The number of hydrogen-bond acceptors (Lipinski definition) is 5. The third kappa shape index (κ3) is 3.79. The van der Waals surface area contributed by atoms with Gasteiger partial charge >= 0.3 is 0 Å². The van der Waals surface area contributed by atoms with E-state index in [0.29, 0.717) is 17.9 Å². The van der Waals surface area contributed by atoms with E-state index in [2.05, 4.69) is 20.5 Å². The summed E-state index contributed by atoms with van der Waals surface area (Å²) < 4.78 is 6.89. The van der Waals surface area contributed by atoms with E-state index in [9.17, 15) is 4.79 Å². The van der Waals surface area contributed by atoms with Gasteiger partial charge in [0.2, 0.25) is 0 Å².